The highest BCUT2D eigenvalue weighted by Crippen LogP contribution is 2.42. The molecule has 0 unspecified atom stereocenters. The van der Waals surface area contributed by atoms with Crippen molar-refractivity contribution < 1.29 is 19.7 Å². The highest BCUT2D eigenvalue weighted by atomic mass is 16.5. The summed E-state index contributed by atoms with van der Waals surface area (Å²) >= 11 is 0. The summed E-state index contributed by atoms with van der Waals surface area (Å²) in [6.45, 7) is 2.44. The Hall–Kier alpha value is -2.21. The van der Waals surface area contributed by atoms with Gasteiger partial charge in [-0.1, -0.05) is 42.5 Å². The Morgan fingerprint density at radius 3 is 2.77 bits per heavy atom. The number of carboxylic acid groups (broad SMARTS) is 1. The fourth-order valence-electron chi connectivity index (χ4n) is 4.22. The van der Waals surface area contributed by atoms with Gasteiger partial charge in [0.2, 0.25) is 0 Å². The van der Waals surface area contributed by atoms with Crippen molar-refractivity contribution in [2.75, 3.05) is 19.7 Å². The monoisotopic (exact) mass is 353 g/mol. The number of benzene rings is 2. The fraction of sp³-hybridized carbons (Fsp3) is 0.381. The smallest absolute Gasteiger partial charge is 0.335 e. The standard InChI is InChI=1S/C21H23NO4/c23-19-12-22(11-15-5-4-8-17(9-15)20(24)25)14-21(19)10-18(13-26-21)16-6-2-1-3-7-16/h1-9,18-19,23H,10-14H2,(H,24,25)/t18-,19+,21+/m0/s1. The molecule has 136 valence electrons. The van der Waals surface area contributed by atoms with E-state index in [2.05, 4.69) is 17.0 Å². The van der Waals surface area contributed by atoms with Crippen LogP contribution >= 0.6 is 0 Å². The van der Waals surface area contributed by atoms with Crippen molar-refractivity contribution in [3.63, 3.8) is 0 Å². The predicted molar refractivity (Wildman–Crippen MR) is 97.2 cm³/mol. The average molecular weight is 353 g/mol. The summed E-state index contributed by atoms with van der Waals surface area (Å²) in [7, 11) is 0. The topological polar surface area (TPSA) is 70.0 Å². The van der Waals surface area contributed by atoms with Crippen LogP contribution in [0.1, 0.15) is 33.8 Å². The van der Waals surface area contributed by atoms with E-state index >= 15 is 0 Å². The number of ether oxygens (including phenoxy) is 1. The molecule has 4 rings (SSSR count). The van der Waals surface area contributed by atoms with Gasteiger partial charge in [-0.05, 0) is 29.7 Å². The van der Waals surface area contributed by atoms with Gasteiger partial charge in [0.25, 0.3) is 0 Å². The summed E-state index contributed by atoms with van der Waals surface area (Å²) in [5, 5.41) is 19.8. The van der Waals surface area contributed by atoms with E-state index in [4.69, 9.17) is 9.84 Å². The summed E-state index contributed by atoms with van der Waals surface area (Å²) < 4.78 is 6.12. The minimum atomic E-state index is -0.922. The number of likely N-dealkylation sites (tertiary alicyclic amines) is 1. The van der Waals surface area contributed by atoms with Gasteiger partial charge in [0.1, 0.15) is 5.60 Å². The second-order valence-electron chi connectivity index (χ2n) is 7.38. The van der Waals surface area contributed by atoms with Gasteiger partial charge in [0.05, 0.1) is 18.3 Å². The van der Waals surface area contributed by atoms with Crippen LogP contribution in [0.5, 0.6) is 0 Å². The first kappa shape index (κ1) is 17.2. The van der Waals surface area contributed by atoms with E-state index in [1.807, 2.05) is 24.3 Å². The van der Waals surface area contributed by atoms with E-state index in [0.717, 1.165) is 12.0 Å². The fourth-order valence-corrected chi connectivity index (χ4v) is 4.22. The van der Waals surface area contributed by atoms with Crippen LogP contribution < -0.4 is 0 Å². The zero-order valence-corrected chi connectivity index (χ0v) is 14.5. The zero-order valence-electron chi connectivity index (χ0n) is 14.5. The summed E-state index contributed by atoms with van der Waals surface area (Å²) in [5.74, 6) is -0.615. The number of rotatable bonds is 4. The predicted octanol–water partition coefficient (Wildman–Crippen LogP) is 2.50. The van der Waals surface area contributed by atoms with Crippen LogP contribution in [0.3, 0.4) is 0 Å². The Morgan fingerprint density at radius 2 is 2.00 bits per heavy atom. The molecular weight excluding hydrogens is 330 g/mol. The molecule has 3 atom stereocenters. The Morgan fingerprint density at radius 1 is 1.19 bits per heavy atom. The van der Waals surface area contributed by atoms with Gasteiger partial charge in [-0.2, -0.15) is 0 Å². The maximum atomic E-state index is 11.1. The van der Waals surface area contributed by atoms with Crippen LogP contribution in [0.4, 0.5) is 0 Å². The van der Waals surface area contributed by atoms with Gasteiger partial charge < -0.3 is 14.9 Å². The van der Waals surface area contributed by atoms with Crippen molar-refractivity contribution in [1.82, 2.24) is 4.90 Å². The maximum Gasteiger partial charge on any atom is 0.335 e. The van der Waals surface area contributed by atoms with E-state index in [1.54, 1.807) is 18.2 Å². The van der Waals surface area contributed by atoms with Gasteiger partial charge in [-0.25, -0.2) is 4.79 Å². The number of nitrogens with zero attached hydrogens (tertiary/aromatic N) is 1. The molecule has 5 nitrogen and oxygen atoms in total. The molecule has 2 fully saturated rings. The third-order valence-corrected chi connectivity index (χ3v) is 5.54. The van der Waals surface area contributed by atoms with E-state index in [-0.39, 0.29) is 0 Å². The highest BCUT2D eigenvalue weighted by Gasteiger charge is 2.51. The Bertz CT molecular complexity index is 794. The van der Waals surface area contributed by atoms with Crippen LogP contribution in [0, 0.1) is 0 Å². The lowest BCUT2D eigenvalue weighted by Crippen LogP contribution is -2.41. The lowest BCUT2D eigenvalue weighted by molar-refractivity contribution is -0.0594. The SMILES string of the molecule is O=C(O)c1cccc(CN2C[C@@H](O)[C@@]3(C[C@H](c4ccccc4)CO3)C2)c1. The van der Waals surface area contributed by atoms with Crippen molar-refractivity contribution in [3.8, 4) is 0 Å². The number of aliphatic hydroxyl groups is 1. The van der Waals surface area contributed by atoms with E-state index in [0.29, 0.717) is 37.7 Å². The van der Waals surface area contributed by atoms with E-state index in [9.17, 15) is 9.90 Å². The van der Waals surface area contributed by atoms with Crippen LogP contribution in [0.2, 0.25) is 0 Å². The first-order valence-corrected chi connectivity index (χ1v) is 8.97. The van der Waals surface area contributed by atoms with Crippen molar-refractivity contribution in [2.45, 2.75) is 30.6 Å². The van der Waals surface area contributed by atoms with Gasteiger partial charge in [0, 0.05) is 25.6 Å². The highest BCUT2D eigenvalue weighted by molar-refractivity contribution is 5.87. The number of aliphatic hydroxyl groups excluding tert-OH is 1. The second-order valence-corrected chi connectivity index (χ2v) is 7.38. The summed E-state index contributed by atoms with van der Waals surface area (Å²) in [5.41, 5.74) is 1.96. The number of aromatic carboxylic acids is 1. The number of carbonyl (C=O) groups is 1. The molecule has 2 saturated heterocycles. The molecule has 2 aliphatic heterocycles. The molecule has 26 heavy (non-hydrogen) atoms. The summed E-state index contributed by atoms with van der Waals surface area (Å²) in [4.78, 5) is 13.3. The Kier molecular flexibility index (Phi) is 4.53. The average Bonchev–Trinajstić information content (AvgIpc) is 3.20. The van der Waals surface area contributed by atoms with Crippen molar-refractivity contribution >= 4 is 5.97 Å². The molecule has 0 bridgehead atoms. The van der Waals surface area contributed by atoms with E-state index in [1.165, 1.54) is 5.56 Å². The molecule has 2 aromatic rings. The lowest BCUT2D eigenvalue weighted by atomic mass is 9.87. The minimum Gasteiger partial charge on any atom is -0.478 e. The molecule has 0 saturated carbocycles. The zero-order chi connectivity index (χ0) is 18.1. The van der Waals surface area contributed by atoms with Gasteiger partial charge in [-0.15, -0.1) is 0 Å². The summed E-state index contributed by atoms with van der Waals surface area (Å²) in [6, 6.07) is 17.3. The molecular formula is C21H23NO4. The molecule has 2 N–H and O–H groups in total. The van der Waals surface area contributed by atoms with Crippen LogP contribution in [-0.4, -0.2) is 52.5 Å². The molecule has 0 radical (unpaired) electrons. The lowest BCUT2D eigenvalue weighted by Gasteiger charge is -2.26. The molecule has 2 aliphatic rings. The maximum absolute atomic E-state index is 11.1. The Balaban J connectivity index is 1.45. The number of β-amino-alcohol motifs (C(OH)–C–C–N with tert-alkyl or cyclic N) is 1. The number of carboxylic acids is 1. The molecule has 0 aliphatic carbocycles. The van der Waals surface area contributed by atoms with Gasteiger partial charge in [0.15, 0.2) is 0 Å². The van der Waals surface area contributed by atoms with Crippen LogP contribution in [0.25, 0.3) is 0 Å². The number of hydrogen-bond donors (Lipinski definition) is 2. The minimum absolute atomic E-state index is 0.290. The molecule has 5 heteroatoms. The van der Waals surface area contributed by atoms with Crippen molar-refractivity contribution in [1.29, 1.82) is 0 Å². The first-order valence-electron chi connectivity index (χ1n) is 8.97. The van der Waals surface area contributed by atoms with Crippen LogP contribution in [-0.2, 0) is 11.3 Å². The summed E-state index contributed by atoms with van der Waals surface area (Å²) in [6.07, 6.45) is 0.281. The third kappa shape index (κ3) is 3.26. The number of hydrogen-bond acceptors (Lipinski definition) is 4. The molecule has 0 amide bonds. The van der Waals surface area contributed by atoms with E-state index < -0.39 is 17.7 Å². The van der Waals surface area contributed by atoms with Gasteiger partial charge in [-0.3, -0.25) is 4.90 Å². The second kappa shape index (κ2) is 6.83. The largest absolute Gasteiger partial charge is 0.478 e. The Labute approximate surface area is 152 Å². The quantitative estimate of drug-likeness (QED) is 0.884. The normalized spacial score (nSPS) is 28.7. The third-order valence-electron chi connectivity index (χ3n) is 5.54. The van der Waals surface area contributed by atoms with Crippen molar-refractivity contribution in [2.24, 2.45) is 0 Å². The molecule has 2 aromatic carbocycles. The van der Waals surface area contributed by atoms with Crippen molar-refractivity contribution in [3.05, 3.63) is 71.3 Å². The molecule has 0 aromatic heterocycles. The first-order chi connectivity index (χ1) is 12.6. The molecule has 2 heterocycles. The molecule has 1 spiro atoms. The van der Waals surface area contributed by atoms with Crippen LogP contribution in [0.15, 0.2) is 54.6 Å². The van der Waals surface area contributed by atoms with Gasteiger partial charge >= 0.3 is 5.97 Å².